The van der Waals surface area contributed by atoms with Crippen molar-refractivity contribution in [3.05, 3.63) is 64.5 Å². The van der Waals surface area contributed by atoms with Gasteiger partial charge in [-0.15, -0.1) is 8.78 Å². The number of benzene rings is 2. The molecule has 1 aromatic heterocycles. The molecule has 0 radical (unpaired) electrons. The topological polar surface area (TPSA) is 84.2 Å². The van der Waals surface area contributed by atoms with E-state index in [-0.39, 0.29) is 16.7 Å². The van der Waals surface area contributed by atoms with Crippen LogP contribution in [0.15, 0.2) is 57.7 Å². The number of alkyl halides is 6. The fourth-order valence-electron chi connectivity index (χ4n) is 5.34. The third-order valence-corrected chi connectivity index (χ3v) is 8.21. The second-order valence-corrected chi connectivity index (χ2v) is 14.4. The van der Waals surface area contributed by atoms with Gasteiger partial charge in [-0.2, -0.15) is 17.6 Å². The van der Waals surface area contributed by atoms with Crippen molar-refractivity contribution >= 4 is 16.9 Å². The van der Waals surface area contributed by atoms with Gasteiger partial charge in [0.1, 0.15) is 11.3 Å². The van der Waals surface area contributed by atoms with Gasteiger partial charge in [0.05, 0.1) is 37.0 Å². The van der Waals surface area contributed by atoms with Crippen LogP contribution in [0.1, 0.15) is 80.2 Å². The molecule has 2 aromatic carbocycles. The Hall–Kier alpha value is -3.58. The Morgan fingerprint density at radius 3 is 1.94 bits per heavy atom. The molecule has 0 amide bonds. The molecule has 0 saturated heterocycles. The summed E-state index contributed by atoms with van der Waals surface area (Å²) in [5.74, 6) is -0.835. The highest BCUT2D eigenvalue weighted by Crippen LogP contribution is 2.47. The molecule has 0 N–H and O–H groups in total. The van der Waals surface area contributed by atoms with Crippen molar-refractivity contribution < 1.29 is 54.5 Å². The molecule has 3 rings (SSSR count). The van der Waals surface area contributed by atoms with Crippen LogP contribution in [0.5, 0.6) is 5.75 Å². The molecule has 0 aliphatic rings. The van der Waals surface area contributed by atoms with E-state index in [1.807, 2.05) is 39.8 Å². The van der Waals surface area contributed by atoms with Crippen molar-refractivity contribution in [3.63, 3.8) is 0 Å². The van der Waals surface area contributed by atoms with E-state index >= 15 is 0 Å². The van der Waals surface area contributed by atoms with E-state index in [9.17, 15) is 35.9 Å². The first kappa shape index (κ1) is 39.9. The standard InChI is InChI=1S/C36H44F6O7/c1-9-23-12-10-11-13-26(23)27-20-24-14-15-25(21-28(24)47-29(27)43)45-18-16-34(37,38)48-36(41,42)49-35(39,40)17-19-46-30(44)33(8,32(5,6)7)22-31(2,3)4/h10-15,20-21H,9,16-19,22H2,1-8H3. The van der Waals surface area contributed by atoms with Crippen LogP contribution in [-0.2, 0) is 25.4 Å². The van der Waals surface area contributed by atoms with Gasteiger partial charge < -0.3 is 13.9 Å². The summed E-state index contributed by atoms with van der Waals surface area (Å²) >= 11 is 0. The van der Waals surface area contributed by atoms with Gasteiger partial charge in [-0.1, -0.05) is 72.7 Å². The lowest BCUT2D eigenvalue weighted by atomic mass is 9.61. The highest BCUT2D eigenvalue weighted by molar-refractivity contribution is 5.83. The van der Waals surface area contributed by atoms with Crippen LogP contribution in [0.25, 0.3) is 22.1 Å². The summed E-state index contributed by atoms with van der Waals surface area (Å²) in [4.78, 5) is 25.6. The number of hydrogen-bond donors (Lipinski definition) is 0. The lowest BCUT2D eigenvalue weighted by Crippen LogP contribution is -2.45. The fraction of sp³-hybridized carbons (Fsp3) is 0.556. The Balaban J connectivity index is 1.56. The van der Waals surface area contributed by atoms with Crippen LogP contribution < -0.4 is 10.4 Å². The second kappa shape index (κ2) is 14.7. The summed E-state index contributed by atoms with van der Waals surface area (Å²) in [7, 11) is 0. The maximum Gasteiger partial charge on any atom is 0.494 e. The molecule has 3 aromatic rings. The van der Waals surface area contributed by atoms with Crippen LogP contribution in [0.4, 0.5) is 26.3 Å². The fourth-order valence-corrected chi connectivity index (χ4v) is 5.34. The first-order chi connectivity index (χ1) is 22.4. The molecule has 13 heteroatoms. The minimum Gasteiger partial charge on any atom is -0.493 e. The van der Waals surface area contributed by atoms with E-state index in [0.29, 0.717) is 29.4 Å². The van der Waals surface area contributed by atoms with Crippen molar-refractivity contribution in [1.29, 1.82) is 0 Å². The van der Waals surface area contributed by atoms with Crippen molar-refractivity contribution in [2.75, 3.05) is 13.2 Å². The minimum absolute atomic E-state index is 0.0256. The van der Waals surface area contributed by atoms with Crippen molar-refractivity contribution in [2.24, 2.45) is 16.2 Å². The van der Waals surface area contributed by atoms with Gasteiger partial charge in [-0.05, 0) is 59.9 Å². The van der Waals surface area contributed by atoms with Gasteiger partial charge in [-0.3, -0.25) is 4.79 Å². The van der Waals surface area contributed by atoms with Crippen LogP contribution >= 0.6 is 0 Å². The molecule has 1 unspecified atom stereocenters. The quantitative estimate of drug-likeness (QED) is 0.0675. The highest BCUT2D eigenvalue weighted by Gasteiger charge is 2.52. The number of esters is 1. The molecule has 1 atom stereocenters. The smallest absolute Gasteiger partial charge is 0.493 e. The molecule has 0 aliphatic carbocycles. The molecule has 49 heavy (non-hydrogen) atoms. The monoisotopic (exact) mass is 702 g/mol. The molecule has 0 saturated carbocycles. The summed E-state index contributed by atoms with van der Waals surface area (Å²) < 4.78 is 108. The lowest BCUT2D eigenvalue weighted by Gasteiger charge is -2.43. The third-order valence-electron chi connectivity index (χ3n) is 8.21. The first-order valence-corrected chi connectivity index (χ1v) is 15.9. The summed E-state index contributed by atoms with van der Waals surface area (Å²) in [6, 6.07) is 13.1. The average Bonchev–Trinajstić information content (AvgIpc) is 2.93. The number of rotatable bonds is 15. The van der Waals surface area contributed by atoms with E-state index in [4.69, 9.17) is 13.9 Å². The number of fused-ring (bicyclic) bond motifs is 1. The van der Waals surface area contributed by atoms with E-state index in [1.165, 1.54) is 18.2 Å². The maximum absolute atomic E-state index is 14.3. The Labute approximate surface area is 281 Å². The number of aryl methyl sites for hydroxylation is 1. The zero-order valence-electron chi connectivity index (χ0n) is 29.0. The molecule has 0 fully saturated rings. The predicted octanol–water partition coefficient (Wildman–Crippen LogP) is 9.98. The number of ether oxygens (including phenoxy) is 4. The zero-order chi connectivity index (χ0) is 37.1. The SMILES string of the molecule is CCc1ccccc1-c1cc2ccc(OCCC(F)(F)OC(F)(F)OC(F)(F)CCOC(=O)C(C)(CC(C)(C)C)C(C)(C)C)cc2oc1=O. The predicted molar refractivity (Wildman–Crippen MR) is 172 cm³/mol. The third kappa shape index (κ3) is 11.0. The van der Waals surface area contributed by atoms with Gasteiger partial charge >= 0.3 is 30.1 Å². The Bertz CT molecular complexity index is 1660. The second-order valence-electron chi connectivity index (χ2n) is 14.4. The molecule has 7 nitrogen and oxygen atoms in total. The van der Waals surface area contributed by atoms with Crippen molar-refractivity contribution in [1.82, 2.24) is 0 Å². The maximum atomic E-state index is 14.3. The number of hydrogen-bond acceptors (Lipinski definition) is 7. The molecule has 0 spiro atoms. The highest BCUT2D eigenvalue weighted by atomic mass is 19.3. The van der Waals surface area contributed by atoms with Crippen LogP contribution in [-0.4, -0.2) is 37.7 Å². The number of halogens is 6. The Morgan fingerprint density at radius 1 is 0.776 bits per heavy atom. The van der Waals surface area contributed by atoms with Crippen LogP contribution in [0.3, 0.4) is 0 Å². The Kier molecular flexibility index (Phi) is 12.0. The molecule has 272 valence electrons. The van der Waals surface area contributed by atoms with Gasteiger partial charge in [0.25, 0.3) is 0 Å². The normalized spacial score (nSPS) is 14.5. The van der Waals surface area contributed by atoms with E-state index in [1.54, 1.807) is 45.9 Å². The zero-order valence-corrected chi connectivity index (χ0v) is 29.0. The number of carbonyl (C=O) groups excluding carboxylic acids is 1. The van der Waals surface area contributed by atoms with E-state index in [2.05, 4.69) is 9.47 Å². The number of carbonyl (C=O) groups is 1. The molecular formula is C36H44F6O7. The van der Waals surface area contributed by atoms with Gasteiger partial charge in [0.15, 0.2) is 0 Å². The largest absolute Gasteiger partial charge is 0.494 e. The van der Waals surface area contributed by atoms with Gasteiger partial charge in [0, 0.05) is 11.5 Å². The van der Waals surface area contributed by atoms with Crippen LogP contribution in [0, 0.1) is 16.2 Å². The molecule has 0 bridgehead atoms. The summed E-state index contributed by atoms with van der Waals surface area (Å²) in [6.07, 6.45) is -16.7. The molecule has 0 aliphatic heterocycles. The van der Waals surface area contributed by atoms with E-state index in [0.717, 1.165) is 5.56 Å². The molecule has 1 heterocycles. The summed E-state index contributed by atoms with van der Waals surface area (Å²) in [5.41, 5.74) is -0.632. The molecular weight excluding hydrogens is 658 g/mol. The average molecular weight is 703 g/mol. The van der Waals surface area contributed by atoms with Crippen molar-refractivity contribution in [3.8, 4) is 16.9 Å². The minimum atomic E-state index is -5.41. The first-order valence-electron chi connectivity index (χ1n) is 15.9. The lowest BCUT2D eigenvalue weighted by molar-refractivity contribution is -0.514. The summed E-state index contributed by atoms with van der Waals surface area (Å²) in [5, 5.41) is 0.516. The van der Waals surface area contributed by atoms with Crippen molar-refractivity contribution in [2.45, 2.75) is 99.6 Å². The summed E-state index contributed by atoms with van der Waals surface area (Å²) in [6.45, 7) is 12.7. The Morgan fingerprint density at radius 2 is 1.37 bits per heavy atom. The van der Waals surface area contributed by atoms with Gasteiger partial charge in [-0.25, -0.2) is 14.3 Å². The van der Waals surface area contributed by atoms with E-state index < -0.39 is 67.0 Å². The van der Waals surface area contributed by atoms with Gasteiger partial charge in [0.2, 0.25) is 0 Å². The van der Waals surface area contributed by atoms with Crippen LogP contribution in [0.2, 0.25) is 0 Å².